The van der Waals surface area contributed by atoms with Gasteiger partial charge in [-0.1, -0.05) is 0 Å². The zero-order valence-electron chi connectivity index (χ0n) is 9.48. The van der Waals surface area contributed by atoms with E-state index < -0.39 is 0 Å². The third kappa shape index (κ3) is 3.80. The van der Waals surface area contributed by atoms with E-state index in [1.165, 1.54) is 0 Å². The Kier molecular flexibility index (Phi) is 5.05. The summed E-state index contributed by atoms with van der Waals surface area (Å²) in [6.45, 7) is 4.76. The minimum atomic E-state index is 0.0484. The first-order valence-corrected chi connectivity index (χ1v) is 5.60. The second-order valence-corrected chi connectivity index (χ2v) is 4.42. The molecule has 1 unspecified atom stereocenters. The van der Waals surface area contributed by atoms with Crippen molar-refractivity contribution < 1.29 is 4.74 Å². The molecule has 1 aromatic heterocycles. The maximum atomic E-state index is 6.05. The van der Waals surface area contributed by atoms with Crippen molar-refractivity contribution >= 4 is 11.6 Å². The highest BCUT2D eigenvalue weighted by Crippen LogP contribution is 2.11. The summed E-state index contributed by atoms with van der Waals surface area (Å²) in [5, 5.41) is 4.22. The van der Waals surface area contributed by atoms with Gasteiger partial charge in [-0.05, 0) is 20.3 Å². The van der Waals surface area contributed by atoms with Crippen LogP contribution in [0.1, 0.15) is 32.1 Å². The van der Waals surface area contributed by atoms with Crippen molar-refractivity contribution in [1.29, 1.82) is 0 Å². The van der Waals surface area contributed by atoms with Gasteiger partial charge in [0.15, 0.2) is 0 Å². The Morgan fingerprint density at radius 3 is 2.87 bits per heavy atom. The molecule has 1 heterocycles. The lowest BCUT2D eigenvalue weighted by atomic mass is 10.2. The fourth-order valence-corrected chi connectivity index (χ4v) is 1.67. The maximum Gasteiger partial charge on any atom is 0.138 e. The van der Waals surface area contributed by atoms with Crippen LogP contribution in [0, 0.1) is 0 Å². The maximum absolute atomic E-state index is 6.05. The Morgan fingerprint density at radius 2 is 2.27 bits per heavy atom. The van der Waals surface area contributed by atoms with Crippen LogP contribution in [0.5, 0.6) is 0 Å². The highest BCUT2D eigenvalue weighted by atomic mass is 35.5. The van der Waals surface area contributed by atoms with E-state index >= 15 is 0 Å². The molecule has 0 bridgehead atoms. The molecule has 4 nitrogen and oxygen atoms in total. The summed E-state index contributed by atoms with van der Waals surface area (Å²) >= 11 is 6.05. The Morgan fingerprint density at radius 1 is 1.53 bits per heavy atom. The summed E-state index contributed by atoms with van der Waals surface area (Å²) in [6, 6.07) is 0.346. The average Bonchev–Trinajstić information content (AvgIpc) is 2.63. The predicted octanol–water partition coefficient (Wildman–Crippen LogP) is 2.05. The van der Waals surface area contributed by atoms with Crippen molar-refractivity contribution in [3.8, 4) is 0 Å². The monoisotopic (exact) mass is 231 g/mol. The van der Waals surface area contributed by atoms with E-state index in [-0.39, 0.29) is 5.38 Å². The molecule has 0 aromatic carbocycles. The first-order chi connectivity index (χ1) is 7.15. The van der Waals surface area contributed by atoms with Crippen molar-refractivity contribution in [2.75, 3.05) is 13.7 Å². The summed E-state index contributed by atoms with van der Waals surface area (Å²) < 4.78 is 6.90. The third-order valence-electron chi connectivity index (χ3n) is 2.17. The number of rotatable bonds is 6. The fraction of sp³-hybridized carbons (Fsp3) is 0.800. The number of hydrogen-bond acceptors (Lipinski definition) is 3. The molecule has 1 aromatic rings. The van der Waals surface area contributed by atoms with E-state index in [9.17, 15) is 0 Å². The summed E-state index contributed by atoms with van der Waals surface area (Å²) in [7, 11) is 1.66. The van der Waals surface area contributed by atoms with Crippen molar-refractivity contribution in [1.82, 2.24) is 14.8 Å². The van der Waals surface area contributed by atoms with Crippen molar-refractivity contribution in [3.05, 3.63) is 12.2 Å². The number of ether oxygens (including phenoxy) is 1. The lowest BCUT2D eigenvalue weighted by Gasteiger charge is -2.11. The van der Waals surface area contributed by atoms with Gasteiger partial charge in [0.25, 0.3) is 0 Å². The first kappa shape index (κ1) is 12.5. The van der Waals surface area contributed by atoms with Gasteiger partial charge < -0.3 is 4.74 Å². The van der Waals surface area contributed by atoms with Crippen LogP contribution in [-0.2, 0) is 11.2 Å². The standard InChI is InChI=1S/C10H18ClN3O/c1-8(2)14-10(12-7-13-14)5-4-9(11)6-15-3/h7-9H,4-6H2,1-3H3. The number of halogens is 1. The molecule has 0 radical (unpaired) electrons. The smallest absolute Gasteiger partial charge is 0.138 e. The van der Waals surface area contributed by atoms with Crippen LogP contribution in [0.2, 0.25) is 0 Å². The lowest BCUT2D eigenvalue weighted by Crippen LogP contribution is -2.13. The Bertz CT molecular complexity index is 288. The van der Waals surface area contributed by atoms with Crippen LogP contribution in [0.3, 0.4) is 0 Å². The molecular weight excluding hydrogens is 214 g/mol. The van der Waals surface area contributed by atoms with Gasteiger partial charge >= 0.3 is 0 Å². The molecule has 0 aliphatic heterocycles. The number of aryl methyl sites for hydroxylation is 1. The second kappa shape index (κ2) is 6.08. The number of hydrogen-bond donors (Lipinski definition) is 0. The Hall–Kier alpha value is -0.610. The lowest BCUT2D eigenvalue weighted by molar-refractivity contribution is 0.195. The van der Waals surface area contributed by atoms with Gasteiger partial charge in [0.1, 0.15) is 12.2 Å². The third-order valence-corrected chi connectivity index (χ3v) is 2.51. The zero-order chi connectivity index (χ0) is 11.3. The molecule has 15 heavy (non-hydrogen) atoms. The molecule has 86 valence electrons. The van der Waals surface area contributed by atoms with Crippen LogP contribution in [-0.4, -0.2) is 33.9 Å². The summed E-state index contributed by atoms with van der Waals surface area (Å²) in [5.74, 6) is 0.992. The molecule has 0 fully saturated rings. The van der Waals surface area contributed by atoms with E-state index in [1.807, 2.05) is 4.68 Å². The van der Waals surface area contributed by atoms with Crippen molar-refractivity contribution in [2.45, 2.75) is 38.1 Å². The highest BCUT2D eigenvalue weighted by molar-refractivity contribution is 6.20. The van der Waals surface area contributed by atoms with Crippen LogP contribution in [0.4, 0.5) is 0 Å². The molecule has 0 aliphatic rings. The SMILES string of the molecule is COCC(Cl)CCc1ncnn1C(C)C. The van der Waals surface area contributed by atoms with Gasteiger partial charge in [-0.3, -0.25) is 0 Å². The quantitative estimate of drug-likeness (QED) is 0.704. The van der Waals surface area contributed by atoms with E-state index in [4.69, 9.17) is 16.3 Å². The zero-order valence-corrected chi connectivity index (χ0v) is 10.2. The summed E-state index contributed by atoms with van der Waals surface area (Å²) in [6.07, 6.45) is 3.30. The Labute approximate surface area is 95.6 Å². The molecule has 1 atom stereocenters. The van der Waals surface area contributed by atoms with Crippen molar-refractivity contribution in [2.24, 2.45) is 0 Å². The topological polar surface area (TPSA) is 39.9 Å². The van der Waals surface area contributed by atoms with E-state index in [0.29, 0.717) is 12.6 Å². The van der Waals surface area contributed by atoms with Crippen LogP contribution in [0.25, 0.3) is 0 Å². The molecule has 0 aliphatic carbocycles. The minimum Gasteiger partial charge on any atom is -0.383 e. The number of alkyl halides is 1. The molecule has 0 saturated heterocycles. The van der Waals surface area contributed by atoms with Gasteiger partial charge in [0, 0.05) is 19.6 Å². The number of aromatic nitrogens is 3. The molecule has 1 rings (SSSR count). The van der Waals surface area contributed by atoms with Crippen molar-refractivity contribution in [3.63, 3.8) is 0 Å². The van der Waals surface area contributed by atoms with Crippen LogP contribution in [0.15, 0.2) is 6.33 Å². The number of methoxy groups -OCH3 is 1. The molecule has 0 N–H and O–H groups in total. The number of nitrogens with zero attached hydrogens (tertiary/aromatic N) is 3. The van der Waals surface area contributed by atoms with Gasteiger partial charge in [-0.2, -0.15) is 5.10 Å². The molecule has 0 spiro atoms. The summed E-state index contributed by atoms with van der Waals surface area (Å²) in [4.78, 5) is 4.22. The second-order valence-electron chi connectivity index (χ2n) is 3.81. The van der Waals surface area contributed by atoms with Crippen LogP contribution < -0.4 is 0 Å². The summed E-state index contributed by atoms with van der Waals surface area (Å²) in [5.41, 5.74) is 0. The van der Waals surface area contributed by atoms with E-state index in [2.05, 4.69) is 23.9 Å². The molecule has 0 amide bonds. The van der Waals surface area contributed by atoms with Gasteiger partial charge in [-0.15, -0.1) is 11.6 Å². The molecule has 0 saturated carbocycles. The van der Waals surface area contributed by atoms with E-state index in [0.717, 1.165) is 18.7 Å². The minimum absolute atomic E-state index is 0.0484. The molecule has 5 heteroatoms. The Balaban J connectivity index is 2.46. The highest BCUT2D eigenvalue weighted by Gasteiger charge is 2.10. The molecular formula is C10H18ClN3O. The van der Waals surface area contributed by atoms with Gasteiger partial charge in [-0.25, -0.2) is 9.67 Å². The van der Waals surface area contributed by atoms with Gasteiger partial charge in [0.05, 0.1) is 12.0 Å². The van der Waals surface area contributed by atoms with E-state index in [1.54, 1.807) is 13.4 Å². The fourth-order valence-electron chi connectivity index (χ4n) is 1.43. The normalized spacial score (nSPS) is 13.4. The van der Waals surface area contributed by atoms with Crippen LogP contribution >= 0.6 is 11.6 Å². The predicted molar refractivity (Wildman–Crippen MR) is 60.2 cm³/mol. The largest absolute Gasteiger partial charge is 0.383 e. The van der Waals surface area contributed by atoms with Gasteiger partial charge in [0.2, 0.25) is 0 Å². The first-order valence-electron chi connectivity index (χ1n) is 5.16. The average molecular weight is 232 g/mol.